The van der Waals surface area contributed by atoms with Crippen LogP contribution >= 0.6 is 0 Å². The third-order valence-electron chi connectivity index (χ3n) is 7.27. The zero-order valence-electron chi connectivity index (χ0n) is 26.5. The normalized spacial score (nSPS) is 16.8. The van der Waals surface area contributed by atoms with Gasteiger partial charge >= 0.3 is 19.5 Å². The van der Waals surface area contributed by atoms with Crippen LogP contribution in [0.3, 0.4) is 0 Å². The molecule has 1 saturated heterocycles. The molecule has 1 aliphatic heterocycles. The number of hydrogen-bond acceptors (Lipinski definition) is 11. The predicted molar refractivity (Wildman–Crippen MR) is 175 cm³/mol. The zero-order chi connectivity index (χ0) is 32.6. The minimum atomic E-state index is -0.698. The summed E-state index contributed by atoms with van der Waals surface area (Å²) in [5, 5.41) is 18.8. The Kier molecular flexibility index (Phi) is 12.3. The van der Waals surface area contributed by atoms with E-state index in [-0.39, 0.29) is 26.1 Å². The number of fused-ring (bicyclic) bond motifs is 1. The van der Waals surface area contributed by atoms with Crippen LogP contribution in [-0.4, -0.2) is 68.5 Å². The van der Waals surface area contributed by atoms with Crippen LogP contribution < -0.4 is 5.73 Å². The summed E-state index contributed by atoms with van der Waals surface area (Å²) in [6, 6.07) is 16.1. The van der Waals surface area contributed by atoms with Crippen LogP contribution in [0.25, 0.3) is 33.9 Å². The van der Waals surface area contributed by atoms with Gasteiger partial charge in [0.05, 0.1) is 41.8 Å². The molecular formula is C34H37N9O3Ru+6. The molecule has 7 heterocycles. The van der Waals surface area contributed by atoms with Gasteiger partial charge in [-0.2, -0.15) is 0 Å². The van der Waals surface area contributed by atoms with Gasteiger partial charge in [0.2, 0.25) is 0 Å². The quantitative estimate of drug-likeness (QED) is 0.218. The Balaban J connectivity index is 0.000000160. The van der Waals surface area contributed by atoms with E-state index in [9.17, 15) is 5.11 Å². The molecule has 4 N–H and O–H groups in total. The van der Waals surface area contributed by atoms with Crippen LogP contribution in [-0.2, 0) is 24.2 Å². The summed E-state index contributed by atoms with van der Waals surface area (Å²) < 4.78 is 7.22. The third kappa shape index (κ3) is 9.05. The SMILES string of the molecule is Cc1ccnc(-c2cc(C)ccn2)c1.Cc1ccnc(-c2cc(C)ccn2)c1.Nc1ncnc2c1ncn2[C@H]1C[C@@H](O)[C@@H](CO)O1.[Ru+6]. The molecule has 6 aromatic rings. The van der Waals surface area contributed by atoms with E-state index in [4.69, 9.17) is 15.6 Å². The van der Waals surface area contributed by atoms with Crippen LogP contribution in [0.15, 0.2) is 86.0 Å². The molecule has 7 rings (SSSR count). The molecule has 3 atom stereocenters. The number of pyridine rings is 4. The second-order valence-corrected chi connectivity index (χ2v) is 11.1. The second-order valence-electron chi connectivity index (χ2n) is 11.1. The molecule has 238 valence electrons. The fraction of sp³-hybridized carbons (Fsp3) is 0.265. The Labute approximate surface area is 286 Å². The maximum atomic E-state index is 9.71. The number of nitrogen functional groups attached to an aromatic ring is 1. The number of ether oxygens (including phenoxy) is 1. The molecule has 0 unspecified atom stereocenters. The molecule has 12 nitrogen and oxygen atoms in total. The summed E-state index contributed by atoms with van der Waals surface area (Å²) >= 11 is 0. The number of hydrogen-bond donors (Lipinski definition) is 3. The van der Waals surface area contributed by atoms with Gasteiger partial charge in [-0.3, -0.25) is 24.5 Å². The fourth-order valence-corrected chi connectivity index (χ4v) is 4.84. The molecule has 0 bridgehead atoms. The van der Waals surface area contributed by atoms with Crippen LogP contribution in [0.1, 0.15) is 34.9 Å². The summed E-state index contributed by atoms with van der Waals surface area (Å²) in [6.07, 6.45) is 8.85. The van der Waals surface area contributed by atoms with E-state index in [1.165, 1.54) is 28.6 Å². The molecule has 13 heteroatoms. The van der Waals surface area contributed by atoms with E-state index in [0.29, 0.717) is 23.4 Å². The first-order chi connectivity index (χ1) is 22.2. The van der Waals surface area contributed by atoms with Gasteiger partial charge < -0.3 is 20.7 Å². The van der Waals surface area contributed by atoms with Crippen molar-refractivity contribution in [2.75, 3.05) is 12.3 Å². The van der Waals surface area contributed by atoms with E-state index < -0.39 is 18.4 Å². The number of anilines is 1. The minimum Gasteiger partial charge on any atom is -0.394 e. The summed E-state index contributed by atoms with van der Waals surface area (Å²) in [6.45, 7) is 8.01. The Morgan fingerprint density at radius 1 is 0.723 bits per heavy atom. The van der Waals surface area contributed by atoms with Crippen molar-refractivity contribution in [2.24, 2.45) is 0 Å². The number of imidazole rings is 1. The van der Waals surface area contributed by atoms with E-state index >= 15 is 0 Å². The number of rotatable bonds is 4. The molecule has 0 aromatic carbocycles. The average molecular weight is 721 g/mol. The summed E-state index contributed by atoms with van der Waals surface area (Å²) in [5.41, 5.74) is 15.3. The van der Waals surface area contributed by atoms with Gasteiger partial charge in [0.25, 0.3) is 0 Å². The van der Waals surface area contributed by atoms with Gasteiger partial charge in [0.15, 0.2) is 11.5 Å². The molecule has 6 aromatic heterocycles. The predicted octanol–water partition coefficient (Wildman–Crippen LogP) is 4.57. The Morgan fingerprint density at radius 3 is 1.55 bits per heavy atom. The first-order valence-corrected chi connectivity index (χ1v) is 14.8. The summed E-state index contributed by atoms with van der Waals surface area (Å²) in [4.78, 5) is 29.2. The van der Waals surface area contributed by atoms with Gasteiger partial charge in [-0.25, -0.2) is 15.0 Å². The minimum absolute atomic E-state index is 0. The van der Waals surface area contributed by atoms with Gasteiger partial charge in [0.1, 0.15) is 24.2 Å². The Hall–Kier alpha value is -4.55. The van der Waals surface area contributed by atoms with Crippen molar-refractivity contribution in [1.29, 1.82) is 0 Å². The van der Waals surface area contributed by atoms with Crippen molar-refractivity contribution in [3.05, 3.63) is 108 Å². The molecule has 0 radical (unpaired) electrons. The van der Waals surface area contributed by atoms with Crippen molar-refractivity contribution < 1.29 is 34.4 Å². The molecule has 0 spiro atoms. The van der Waals surface area contributed by atoms with Crippen molar-refractivity contribution >= 4 is 17.0 Å². The standard InChI is InChI=1S/2C12H12N2.C10H13N5O3.Ru/c2*1-9-3-5-13-11(7-9)12-8-10(2)4-6-14-12;11-9-8-10(13-3-12-9)15(4-14-8)7-1-5(17)6(2-16)18-7;/h2*3-8H,1-2H3;3-7,16-17H,1-2H2,(H2,11,12,13);/q;;;+6/t;;5-,6-,7-;/m..1./s1. The first kappa shape index (κ1) is 35.3. The molecule has 1 fully saturated rings. The molecule has 1 aliphatic rings. The molecule has 0 aliphatic carbocycles. The van der Waals surface area contributed by atoms with E-state index in [1.807, 2.05) is 73.3 Å². The van der Waals surface area contributed by atoms with Gasteiger partial charge in [-0.05, 0) is 98.5 Å². The van der Waals surface area contributed by atoms with Crippen LogP contribution in [0.4, 0.5) is 5.82 Å². The first-order valence-electron chi connectivity index (χ1n) is 14.8. The summed E-state index contributed by atoms with van der Waals surface area (Å²) in [7, 11) is 0. The number of aryl methyl sites for hydroxylation is 4. The van der Waals surface area contributed by atoms with Crippen molar-refractivity contribution in [3.63, 3.8) is 0 Å². The largest absolute Gasteiger partial charge is 6.00 e. The maximum Gasteiger partial charge on any atom is 6.00 e. The monoisotopic (exact) mass is 721 g/mol. The number of aliphatic hydroxyl groups is 2. The van der Waals surface area contributed by atoms with Crippen LogP contribution in [0, 0.1) is 27.7 Å². The Morgan fingerprint density at radius 2 is 1.17 bits per heavy atom. The van der Waals surface area contributed by atoms with E-state index in [0.717, 1.165) is 22.8 Å². The van der Waals surface area contributed by atoms with E-state index in [1.54, 1.807) is 10.9 Å². The number of aromatic nitrogens is 8. The van der Waals surface area contributed by atoms with Gasteiger partial charge in [0, 0.05) is 31.2 Å². The smallest absolute Gasteiger partial charge is 0.394 e. The molecular weight excluding hydrogens is 684 g/mol. The van der Waals surface area contributed by atoms with Gasteiger partial charge in [-0.15, -0.1) is 0 Å². The van der Waals surface area contributed by atoms with Crippen LogP contribution in [0.5, 0.6) is 0 Å². The molecule has 47 heavy (non-hydrogen) atoms. The van der Waals surface area contributed by atoms with Crippen LogP contribution in [0.2, 0.25) is 0 Å². The fourth-order valence-electron chi connectivity index (χ4n) is 4.84. The second kappa shape index (κ2) is 16.3. The van der Waals surface area contributed by atoms with Gasteiger partial charge in [-0.1, -0.05) is 0 Å². The third-order valence-corrected chi connectivity index (χ3v) is 7.27. The molecule has 0 saturated carbocycles. The van der Waals surface area contributed by atoms with E-state index in [2.05, 4.69) is 62.6 Å². The maximum absolute atomic E-state index is 9.71. The Bertz CT molecular complexity index is 1750. The molecule has 0 amide bonds. The average Bonchev–Trinajstić information content (AvgIpc) is 3.65. The number of nitrogens with zero attached hydrogens (tertiary/aromatic N) is 8. The topological polar surface area (TPSA) is 171 Å². The summed E-state index contributed by atoms with van der Waals surface area (Å²) in [5.74, 6) is 0.302. The van der Waals surface area contributed by atoms with Crippen molar-refractivity contribution in [1.82, 2.24) is 39.5 Å². The zero-order valence-corrected chi connectivity index (χ0v) is 28.3. The van der Waals surface area contributed by atoms with Crippen molar-refractivity contribution in [3.8, 4) is 22.8 Å². The number of aliphatic hydroxyl groups excluding tert-OH is 2. The van der Waals surface area contributed by atoms with Crippen molar-refractivity contribution in [2.45, 2.75) is 52.6 Å². The number of nitrogens with two attached hydrogens (primary N) is 1.